The largest absolute Gasteiger partial charge is 0.457 e. The molecular formula is C15H15BrFNO. The molecule has 100 valence electrons. The van der Waals surface area contributed by atoms with Gasteiger partial charge in [-0.15, -0.1) is 0 Å². The molecule has 0 saturated heterocycles. The number of aryl methyl sites for hydroxylation is 1. The molecule has 0 aromatic heterocycles. The Bertz CT molecular complexity index is 586. The molecule has 0 spiro atoms. The van der Waals surface area contributed by atoms with Crippen LogP contribution in [0.2, 0.25) is 0 Å². The minimum absolute atomic E-state index is 0.332. The van der Waals surface area contributed by atoms with E-state index < -0.39 is 0 Å². The molecule has 0 aliphatic carbocycles. The predicted octanol–water partition coefficient (Wildman–Crippen LogP) is 4.41. The van der Waals surface area contributed by atoms with Gasteiger partial charge in [0.05, 0.1) is 4.47 Å². The minimum atomic E-state index is -0.332. The average molecular weight is 324 g/mol. The summed E-state index contributed by atoms with van der Waals surface area (Å²) in [6.45, 7) is 2.85. The van der Waals surface area contributed by atoms with E-state index in [1.54, 1.807) is 12.1 Å². The fourth-order valence-corrected chi connectivity index (χ4v) is 2.04. The summed E-state index contributed by atoms with van der Waals surface area (Å²) in [6.07, 6.45) is 0. The second-order valence-electron chi connectivity index (χ2n) is 4.30. The quantitative estimate of drug-likeness (QED) is 0.899. The van der Waals surface area contributed by atoms with Gasteiger partial charge in [0, 0.05) is 12.6 Å². The monoisotopic (exact) mass is 323 g/mol. The van der Waals surface area contributed by atoms with Gasteiger partial charge < -0.3 is 10.1 Å². The zero-order chi connectivity index (χ0) is 13.8. The van der Waals surface area contributed by atoms with Crippen LogP contribution in [0.5, 0.6) is 11.5 Å². The van der Waals surface area contributed by atoms with Crippen molar-refractivity contribution in [3.63, 3.8) is 0 Å². The summed E-state index contributed by atoms with van der Waals surface area (Å²) in [5.41, 5.74) is 2.36. The number of hydrogen-bond donors (Lipinski definition) is 1. The van der Waals surface area contributed by atoms with Gasteiger partial charge in [0.1, 0.15) is 17.3 Å². The topological polar surface area (TPSA) is 21.3 Å². The Morgan fingerprint density at radius 2 is 1.84 bits per heavy atom. The van der Waals surface area contributed by atoms with Crippen LogP contribution in [0, 0.1) is 12.7 Å². The molecule has 0 heterocycles. The van der Waals surface area contributed by atoms with Crippen molar-refractivity contribution >= 4 is 15.9 Å². The van der Waals surface area contributed by atoms with Gasteiger partial charge in [-0.05, 0) is 65.3 Å². The van der Waals surface area contributed by atoms with E-state index in [1.807, 2.05) is 32.2 Å². The summed E-state index contributed by atoms with van der Waals surface area (Å²) in [4.78, 5) is 0. The van der Waals surface area contributed by atoms with Crippen LogP contribution in [0.25, 0.3) is 0 Å². The van der Waals surface area contributed by atoms with Gasteiger partial charge in [-0.3, -0.25) is 0 Å². The van der Waals surface area contributed by atoms with E-state index in [-0.39, 0.29) is 5.82 Å². The van der Waals surface area contributed by atoms with Crippen LogP contribution < -0.4 is 10.1 Å². The van der Waals surface area contributed by atoms with Crippen LogP contribution in [0.15, 0.2) is 40.9 Å². The van der Waals surface area contributed by atoms with Crippen molar-refractivity contribution in [3.8, 4) is 11.5 Å². The third-order valence-electron chi connectivity index (χ3n) is 2.81. The number of nitrogens with one attached hydrogen (secondary N) is 1. The molecule has 0 saturated carbocycles. The van der Waals surface area contributed by atoms with Crippen molar-refractivity contribution in [1.82, 2.24) is 5.32 Å². The molecule has 0 aliphatic rings. The summed E-state index contributed by atoms with van der Waals surface area (Å²) in [5.74, 6) is 0.863. The zero-order valence-corrected chi connectivity index (χ0v) is 12.4. The fourth-order valence-electron chi connectivity index (χ4n) is 1.80. The molecule has 0 unspecified atom stereocenters. The van der Waals surface area contributed by atoms with E-state index in [1.165, 1.54) is 11.6 Å². The van der Waals surface area contributed by atoms with Crippen LogP contribution in [0.4, 0.5) is 4.39 Å². The van der Waals surface area contributed by atoms with Crippen LogP contribution in [0.1, 0.15) is 11.1 Å². The third-order valence-corrected chi connectivity index (χ3v) is 3.45. The molecule has 19 heavy (non-hydrogen) atoms. The molecule has 2 aromatic carbocycles. The van der Waals surface area contributed by atoms with Crippen molar-refractivity contribution in [1.29, 1.82) is 0 Å². The number of hydrogen-bond acceptors (Lipinski definition) is 2. The Kier molecular flexibility index (Phi) is 4.56. The zero-order valence-electron chi connectivity index (χ0n) is 10.8. The first-order chi connectivity index (χ1) is 9.10. The maximum absolute atomic E-state index is 13.4. The molecule has 2 nitrogen and oxygen atoms in total. The van der Waals surface area contributed by atoms with Crippen molar-refractivity contribution < 1.29 is 9.13 Å². The molecule has 0 amide bonds. The van der Waals surface area contributed by atoms with Gasteiger partial charge in [0.25, 0.3) is 0 Å². The first-order valence-corrected chi connectivity index (χ1v) is 6.76. The summed E-state index contributed by atoms with van der Waals surface area (Å²) < 4.78 is 19.5. The van der Waals surface area contributed by atoms with E-state index >= 15 is 0 Å². The highest BCUT2D eigenvalue weighted by Crippen LogP contribution is 2.27. The molecular weight excluding hydrogens is 309 g/mol. The van der Waals surface area contributed by atoms with Gasteiger partial charge in [-0.2, -0.15) is 0 Å². The Hall–Kier alpha value is -1.39. The molecule has 0 radical (unpaired) electrons. The lowest BCUT2D eigenvalue weighted by Gasteiger charge is -2.10. The third kappa shape index (κ3) is 3.55. The van der Waals surface area contributed by atoms with Gasteiger partial charge >= 0.3 is 0 Å². The summed E-state index contributed by atoms with van der Waals surface area (Å²) in [7, 11) is 1.91. The maximum Gasteiger partial charge on any atom is 0.141 e. The lowest BCUT2D eigenvalue weighted by Crippen LogP contribution is -2.06. The summed E-state index contributed by atoms with van der Waals surface area (Å²) in [6, 6.07) is 10.6. The van der Waals surface area contributed by atoms with Crippen LogP contribution in [-0.4, -0.2) is 7.05 Å². The Morgan fingerprint density at radius 1 is 1.16 bits per heavy atom. The van der Waals surface area contributed by atoms with Crippen molar-refractivity contribution in [2.75, 3.05) is 7.05 Å². The smallest absolute Gasteiger partial charge is 0.141 e. The molecule has 2 rings (SSSR count). The Balaban J connectivity index is 2.19. The predicted molar refractivity (Wildman–Crippen MR) is 78.1 cm³/mol. The average Bonchev–Trinajstić information content (AvgIpc) is 2.37. The summed E-state index contributed by atoms with van der Waals surface area (Å²) >= 11 is 3.12. The Labute approximate surface area is 120 Å². The molecule has 1 N–H and O–H groups in total. The van der Waals surface area contributed by atoms with E-state index in [4.69, 9.17) is 4.74 Å². The van der Waals surface area contributed by atoms with Crippen LogP contribution in [0.3, 0.4) is 0 Å². The molecule has 4 heteroatoms. The van der Waals surface area contributed by atoms with Crippen molar-refractivity contribution in [2.24, 2.45) is 0 Å². The fraction of sp³-hybridized carbons (Fsp3) is 0.200. The molecule has 0 aliphatic heterocycles. The normalized spacial score (nSPS) is 10.5. The number of rotatable bonds is 4. The minimum Gasteiger partial charge on any atom is -0.457 e. The second kappa shape index (κ2) is 6.17. The molecule has 2 aromatic rings. The van der Waals surface area contributed by atoms with E-state index in [2.05, 4.69) is 21.2 Å². The SMILES string of the molecule is CNCc1ccc(Oc2ccc(Br)c(F)c2)cc1C. The first-order valence-electron chi connectivity index (χ1n) is 5.97. The van der Waals surface area contributed by atoms with Gasteiger partial charge in [0.15, 0.2) is 0 Å². The Morgan fingerprint density at radius 3 is 2.47 bits per heavy atom. The number of halogens is 2. The second-order valence-corrected chi connectivity index (χ2v) is 5.15. The van der Waals surface area contributed by atoms with Crippen molar-refractivity contribution in [3.05, 3.63) is 57.8 Å². The standard InChI is InChI=1S/C15H15BrFNO/c1-10-7-12(4-3-11(10)9-18-2)19-13-5-6-14(16)15(17)8-13/h3-8,18H,9H2,1-2H3. The van der Waals surface area contributed by atoms with Gasteiger partial charge in [0.2, 0.25) is 0 Å². The number of ether oxygens (including phenoxy) is 1. The maximum atomic E-state index is 13.4. The number of benzene rings is 2. The summed E-state index contributed by atoms with van der Waals surface area (Å²) in [5, 5.41) is 3.11. The highest BCUT2D eigenvalue weighted by Gasteiger charge is 2.04. The van der Waals surface area contributed by atoms with Crippen molar-refractivity contribution in [2.45, 2.75) is 13.5 Å². The van der Waals surface area contributed by atoms with Gasteiger partial charge in [-0.25, -0.2) is 4.39 Å². The lowest BCUT2D eigenvalue weighted by molar-refractivity contribution is 0.475. The highest BCUT2D eigenvalue weighted by atomic mass is 79.9. The lowest BCUT2D eigenvalue weighted by atomic mass is 10.1. The molecule has 0 bridgehead atoms. The van der Waals surface area contributed by atoms with E-state index in [0.29, 0.717) is 16.0 Å². The van der Waals surface area contributed by atoms with Crippen LogP contribution in [-0.2, 0) is 6.54 Å². The van der Waals surface area contributed by atoms with Crippen LogP contribution >= 0.6 is 15.9 Å². The first kappa shape index (κ1) is 14.0. The van der Waals surface area contributed by atoms with Gasteiger partial charge in [-0.1, -0.05) is 6.07 Å². The highest BCUT2D eigenvalue weighted by molar-refractivity contribution is 9.10. The van der Waals surface area contributed by atoms with E-state index in [0.717, 1.165) is 12.1 Å². The van der Waals surface area contributed by atoms with E-state index in [9.17, 15) is 4.39 Å². The molecule has 0 fully saturated rings. The molecule has 0 atom stereocenters.